The topological polar surface area (TPSA) is 48.3 Å². The van der Waals surface area contributed by atoms with Crippen LogP contribution in [-0.2, 0) is 0 Å². The number of benzene rings is 1. The molecular formula is C16H23N3O. The zero-order chi connectivity index (χ0) is 14.4. The van der Waals surface area contributed by atoms with Gasteiger partial charge < -0.3 is 10.1 Å². The average Bonchev–Trinajstić information content (AvgIpc) is 2.49. The fourth-order valence-corrected chi connectivity index (χ4v) is 2.67. The van der Waals surface area contributed by atoms with Crippen LogP contribution in [0.1, 0.15) is 26.2 Å². The molecular weight excluding hydrogens is 250 g/mol. The predicted octanol–water partition coefficient (Wildman–Crippen LogP) is 2.87. The summed E-state index contributed by atoms with van der Waals surface area (Å²) in [5, 5.41) is 12.3. The maximum absolute atomic E-state index is 8.76. The molecule has 1 aromatic rings. The lowest BCUT2D eigenvalue weighted by Crippen LogP contribution is -2.43. The summed E-state index contributed by atoms with van der Waals surface area (Å²) in [6.07, 6.45) is 2.88. The van der Waals surface area contributed by atoms with E-state index in [9.17, 15) is 0 Å². The number of nitrogens with one attached hydrogen (secondary N) is 1. The molecule has 0 aliphatic carbocycles. The Morgan fingerprint density at radius 1 is 1.35 bits per heavy atom. The number of likely N-dealkylation sites (tertiary alicyclic amines) is 1. The normalized spacial score (nSPS) is 18.2. The molecule has 1 aromatic carbocycles. The minimum atomic E-state index is 0.377. The fourth-order valence-electron chi connectivity index (χ4n) is 2.67. The number of methoxy groups -OCH3 is 1. The van der Waals surface area contributed by atoms with E-state index >= 15 is 0 Å². The van der Waals surface area contributed by atoms with Gasteiger partial charge in [0, 0.05) is 30.9 Å². The maximum atomic E-state index is 8.76. The van der Waals surface area contributed by atoms with Crippen LogP contribution in [0.4, 0.5) is 5.69 Å². The third kappa shape index (κ3) is 3.88. The van der Waals surface area contributed by atoms with E-state index in [4.69, 9.17) is 10.00 Å². The molecule has 0 radical (unpaired) electrons. The molecule has 1 unspecified atom stereocenters. The fraction of sp³-hybridized carbons (Fsp3) is 0.562. The molecule has 4 heteroatoms. The van der Waals surface area contributed by atoms with Gasteiger partial charge in [-0.2, -0.15) is 5.26 Å². The van der Waals surface area contributed by atoms with E-state index in [1.807, 2.05) is 12.1 Å². The molecule has 1 fully saturated rings. The van der Waals surface area contributed by atoms with Gasteiger partial charge in [0.05, 0.1) is 19.6 Å². The number of ether oxygens (including phenoxy) is 1. The molecule has 0 saturated carbocycles. The Morgan fingerprint density at radius 3 is 2.55 bits per heavy atom. The molecule has 0 bridgehead atoms. The summed E-state index contributed by atoms with van der Waals surface area (Å²) in [7, 11) is 1.68. The molecule has 1 saturated heterocycles. The van der Waals surface area contributed by atoms with Crippen molar-refractivity contribution in [1.82, 2.24) is 4.90 Å². The lowest BCUT2D eigenvalue weighted by molar-refractivity contribution is 0.169. The van der Waals surface area contributed by atoms with Gasteiger partial charge in [0.25, 0.3) is 0 Å². The zero-order valence-electron chi connectivity index (χ0n) is 12.3. The Bertz CT molecular complexity index is 444. The second-order valence-corrected chi connectivity index (χ2v) is 5.39. The van der Waals surface area contributed by atoms with Gasteiger partial charge in [0.1, 0.15) is 5.75 Å². The second-order valence-electron chi connectivity index (χ2n) is 5.39. The minimum Gasteiger partial charge on any atom is -0.497 e. The SMILES string of the molecule is COc1ccc(NC2CCN(C(C)CC#N)CC2)cc1. The largest absolute Gasteiger partial charge is 0.497 e. The van der Waals surface area contributed by atoms with Gasteiger partial charge in [-0.15, -0.1) is 0 Å². The van der Waals surface area contributed by atoms with Crippen molar-refractivity contribution in [2.75, 3.05) is 25.5 Å². The molecule has 1 N–H and O–H groups in total. The van der Waals surface area contributed by atoms with Crippen molar-refractivity contribution in [2.45, 2.75) is 38.3 Å². The summed E-state index contributed by atoms with van der Waals surface area (Å²) >= 11 is 0. The van der Waals surface area contributed by atoms with Gasteiger partial charge >= 0.3 is 0 Å². The Balaban J connectivity index is 1.80. The summed E-state index contributed by atoms with van der Waals surface area (Å²) in [6, 6.07) is 11.2. The molecule has 0 spiro atoms. The number of nitrogens with zero attached hydrogens (tertiary/aromatic N) is 2. The lowest BCUT2D eigenvalue weighted by Gasteiger charge is -2.35. The van der Waals surface area contributed by atoms with Crippen molar-refractivity contribution >= 4 is 5.69 Å². The molecule has 1 aliphatic heterocycles. The van der Waals surface area contributed by atoms with Gasteiger partial charge in [0.15, 0.2) is 0 Å². The number of piperidine rings is 1. The third-order valence-corrected chi connectivity index (χ3v) is 4.00. The van der Waals surface area contributed by atoms with Gasteiger partial charge in [-0.1, -0.05) is 0 Å². The summed E-state index contributed by atoms with van der Waals surface area (Å²) < 4.78 is 5.16. The average molecular weight is 273 g/mol. The van der Waals surface area contributed by atoms with Gasteiger partial charge in [-0.3, -0.25) is 4.90 Å². The van der Waals surface area contributed by atoms with Crippen LogP contribution >= 0.6 is 0 Å². The van der Waals surface area contributed by atoms with E-state index in [1.165, 1.54) is 0 Å². The van der Waals surface area contributed by atoms with Crippen LogP contribution in [0.25, 0.3) is 0 Å². The Morgan fingerprint density at radius 2 is 2.00 bits per heavy atom. The highest BCUT2D eigenvalue weighted by Crippen LogP contribution is 2.20. The zero-order valence-corrected chi connectivity index (χ0v) is 12.3. The Hall–Kier alpha value is -1.73. The van der Waals surface area contributed by atoms with Crippen LogP contribution in [0.3, 0.4) is 0 Å². The van der Waals surface area contributed by atoms with Gasteiger partial charge in [-0.05, 0) is 44.0 Å². The molecule has 1 atom stereocenters. The first-order valence-corrected chi connectivity index (χ1v) is 7.24. The maximum Gasteiger partial charge on any atom is 0.119 e. The summed E-state index contributed by atoms with van der Waals surface area (Å²) in [4.78, 5) is 2.41. The van der Waals surface area contributed by atoms with E-state index in [-0.39, 0.29) is 0 Å². The second kappa shape index (κ2) is 7.16. The van der Waals surface area contributed by atoms with Gasteiger partial charge in [0.2, 0.25) is 0 Å². The predicted molar refractivity (Wildman–Crippen MR) is 80.9 cm³/mol. The smallest absolute Gasteiger partial charge is 0.119 e. The quantitative estimate of drug-likeness (QED) is 0.896. The number of nitriles is 1. The van der Waals surface area contributed by atoms with Crippen molar-refractivity contribution in [3.8, 4) is 11.8 Å². The summed E-state index contributed by atoms with van der Waals surface area (Å²) in [6.45, 7) is 4.27. The van der Waals surface area contributed by atoms with Crippen molar-refractivity contribution in [2.24, 2.45) is 0 Å². The van der Waals surface area contributed by atoms with E-state index in [1.54, 1.807) is 7.11 Å². The highest BCUT2D eigenvalue weighted by Gasteiger charge is 2.22. The van der Waals surface area contributed by atoms with Gasteiger partial charge in [-0.25, -0.2) is 0 Å². The van der Waals surface area contributed by atoms with E-state index in [0.717, 1.165) is 37.4 Å². The third-order valence-electron chi connectivity index (χ3n) is 4.00. The first kappa shape index (κ1) is 14.7. The first-order valence-electron chi connectivity index (χ1n) is 7.24. The lowest BCUT2D eigenvalue weighted by atomic mass is 10.0. The molecule has 1 heterocycles. The molecule has 2 rings (SSSR count). The van der Waals surface area contributed by atoms with Crippen LogP contribution in [-0.4, -0.2) is 37.2 Å². The van der Waals surface area contributed by atoms with Crippen molar-refractivity contribution in [3.63, 3.8) is 0 Å². The summed E-state index contributed by atoms with van der Waals surface area (Å²) in [5.41, 5.74) is 1.15. The monoisotopic (exact) mass is 273 g/mol. The van der Waals surface area contributed by atoms with Crippen LogP contribution in [0.2, 0.25) is 0 Å². The number of hydrogen-bond donors (Lipinski definition) is 1. The van der Waals surface area contributed by atoms with Crippen LogP contribution in [0, 0.1) is 11.3 Å². The molecule has 20 heavy (non-hydrogen) atoms. The molecule has 0 aromatic heterocycles. The Kier molecular flexibility index (Phi) is 5.25. The first-order chi connectivity index (χ1) is 9.72. The van der Waals surface area contributed by atoms with E-state index < -0.39 is 0 Å². The van der Waals surface area contributed by atoms with E-state index in [0.29, 0.717) is 18.5 Å². The molecule has 108 valence electrons. The van der Waals surface area contributed by atoms with Crippen LogP contribution in [0.15, 0.2) is 24.3 Å². The minimum absolute atomic E-state index is 0.377. The number of anilines is 1. The molecule has 1 aliphatic rings. The summed E-state index contributed by atoms with van der Waals surface area (Å²) in [5.74, 6) is 0.885. The van der Waals surface area contributed by atoms with E-state index in [2.05, 4.69) is 35.3 Å². The number of rotatable bonds is 5. The Labute approximate surface area is 121 Å². The highest BCUT2D eigenvalue weighted by molar-refractivity contribution is 5.47. The van der Waals surface area contributed by atoms with Crippen LogP contribution < -0.4 is 10.1 Å². The number of hydrogen-bond acceptors (Lipinski definition) is 4. The highest BCUT2D eigenvalue weighted by atomic mass is 16.5. The standard InChI is InChI=1S/C16H23N3O/c1-13(7-10-17)19-11-8-15(9-12-19)18-14-3-5-16(20-2)6-4-14/h3-6,13,15,18H,7-9,11-12H2,1-2H3. The van der Waals surface area contributed by atoms with Crippen molar-refractivity contribution in [1.29, 1.82) is 5.26 Å². The van der Waals surface area contributed by atoms with Crippen molar-refractivity contribution in [3.05, 3.63) is 24.3 Å². The van der Waals surface area contributed by atoms with Crippen LogP contribution in [0.5, 0.6) is 5.75 Å². The molecule has 4 nitrogen and oxygen atoms in total. The molecule has 0 amide bonds. The van der Waals surface area contributed by atoms with Crippen molar-refractivity contribution < 1.29 is 4.74 Å².